The highest BCUT2D eigenvalue weighted by molar-refractivity contribution is 5.70. The van der Waals surface area contributed by atoms with Gasteiger partial charge in [-0.25, -0.2) is 4.98 Å². The fourth-order valence-corrected chi connectivity index (χ4v) is 4.72. The number of likely N-dealkylation sites (N-methyl/N-ethyl adjacent to an activating group) is 1. The molecule has 0 unspecified atom stereocenters. The lowest BCUT2D eigenvalue weighted by Gasteiger charge is -2.21. The maximum absolute atomic E-state index is 13.0. The van der Waals surface area contributed by atoms with Gasteiger partial charge in [-0.05, 0) is 86.2 Å². The average Bonchev–Trinajstić information content (AvgIpc) is 3.10. The van der Waals surface area contributed by atoms with Gasteiger partial charge in [-0.2, -0.15) is 13.2 Å². The largest absolute Gasteiger partial charge is 0.497 e. The molecule has 1 aliphatic rings. The molecule has 1 aliphatic heterocycles. The number of methoxy groups -OCH3 is 1. The number of fused-ring (bicyclic) bond motifs is 1. The summed E-state index contributed by atoms with van der Waals surface area (Å²) in [4.78, 5) is 9.76. The van der Waals surface area contributed by atoms with Gasteiger partial charge in [-0.3, -0.25) is 4.90 Å². The molecule has 5 nitrogen and oxygen atoms in total. The van der Waals surface area contributed by atoms with E-state index >= 15 is 0 Å². The number of halogens is 3. The Bertz CT molecular complexity index is 1330. The van der Waals surface area contributed by atoms with Gasteiger partial charge in [-0.15, -0.1) is 0 Å². The smallest absolute Gasteiger partial charge is 0.416 e. The minimum atomic E-state index is -4.35. The van der Waals surface area contributed by atoms with Crippen LogP contribution in [0.3, 0.4) is 0 Å². The topological polar surface area (TPSA) is 33.0 Å². The van der Waals surface area contributed by atoms with Crippen LogP contribution in [0.2, 0.25) is 0 Å². The lowest BCUT2D eigenvalue weighted by molar-refractivity contribution is -0.137. The van der Waals surface area contributed by atoms with Gasteiger partial charge >= 0.3 is 6.18 Å². The Morgan fingerprint density at radius 3 is 2.22 bits per heavy atom. The van der Waals surface area contributed by atoms with Crippen molar-refractivity contribution in [3.63, 3.8) is 0 Å². The molecule has 1 fully saturated rings. The molecule has 1 saturated heterocycles. The van der Waals surface area contributed by atoms with Gasteiger partial charge in [0.2, 0.25) is 0 Å². The van der Waals surface area contributed by atoms with Crippen molar-refractivity contribution in [3.05, 3.63) is 78.1 Å². The number of aromatic nitrogens is 2. The zero-order chi connectivity index (χ0) is 25.3. The number of hydrogen-bond donors (Lipinski definition) is 0. The van der Waals surface area contributed by atoms with Crippen molar-refractivity contribution in [2.24, 2.45) is 0 Å². The maximum Gasteiger partial charge on any atom is 0.416 e. The number of alkyl halides is 3. The molecule has 8 heteroatoms. The monoisotopic (exact) mass is 494 g/mol. The highest BCUT2D eigenvalue weighted by Gasteiger charge is 2.30. The Labute approximate surface area is 208 Å². The van der Waals surface area contributed by atoms with Gasteiger partial charge in [-0.1, -0.05) is 12.1 Å². The van der Waals surface area contributed by atoms with Crippen LogP contribution in [0, 0.1) is 0 Å². The van der Waals surface area contributed by atoms with Gasteiger partial charge in [0, 0.05) is 31.4 Å². The van der Waals surface area contributed by atoms with E-state index in [2.05, 4.69) is 21.2 Å². The van der Waals surface area contributed by atoms with Crippen LogP contribution in [0.15, 0.2) is 66.9 Å². The summed E-state index contributed by atoms with van der Waals surface area (Å²) in [5, 5.41) is 0. The van der Waals surface area contributed by atoms with Crippen molar-refractivity contribution in [2.45, 2.75) is 19.1 Å². The van der Waals surface area contributed by atoms with Crippen molar-refractivity contribution in [1.82, 2.24) is 19.2 Å². The van der Waals surface area contributed by atoms with E-state index in [1.54, 1.807) is 7.11 Å². The molecule has 4 aromatic rings. The second kappa shape index (κ2) is 9.95. The van der Waals surface area contributed by atoms with E-state index in [1.807, 2.05) is 42.6 Å². The van der Waals surface area contributed by atoms with Gasteiger partial charge in [0.1, 0.15) is 11.4 Å². The van der Waals surface area contributed by atoms with Crippen molar-refractivity contribution in [2.75, 3.05) is 40.3 Å². The summed E-state index contributed by atoms with van der Waals surface area (Å²) in [7, 11) is 3.79. The van der Waals surface area contributed by atoms with E-state index in [-0.39, 0.29) is 0 Å². The number of nitrogens with zero attached hydrogens (tertiary/aromatic N) is 4. The van der Waals surface area contributed by atoms with Crippen LogP contribution in [0.5, 0.6) is 5.75 Å². The highest BCUT2D eigenvalue weighted by atomic mass is 19.4. The van der Waals surface area contributed by atoms with Crippen molar-refractivity contribution < 1.29 is 17.9 Å². The number of imidazole rings is 1. The SMILES string of the molecule is COc1ccc(-c2nc3ccc(-c4ccc(C(F)(F)F)cc4)cn3c2CN2CCCN(C)CC2)cc1. The van der Waals surface area contributed by atoms with Crippen molar-refractivity contribution >= 4 is 5.65 Å². The fraction of sp³-hybridized carbons (Fsp3) is 0.321. The Balaban J connectivity index is 1.57. The second-order valence-corrected chi connectivity index (χ2v) is 9.29. The lowest BCUT2D eigenvalue weighted by atomic mass is 10.1. The molecule has 0 radical (unpaired) electrons. The van der Waals surface area contributed by atoms with E-state index in [4.69, 9.17) is 9.72 Å². The van der Waals surface area contributed by atoms with E-state index < -0.39 is 11.7 Å². The third-order valence-electron chi connectivity index (χ3n) is 6.81. The van der Waals surface area contributed by atoms with Gasteiger partial charge in [0.15, 0.2) is 0 Å². The summed E-state index contributed by atoms with van der Waals surface area (Å²) in [5.74, 6) is 0.782. The zero-order valence-electron chi connectivity index (χ0n) is 20.4. The Morgan fingerprint density at radius 1 is 0.833 bits per heavy atom. The Hall–Kier alpha value is -3.36. The van der Waals surface area contributed by atoms with Crippen molar-refractivity contribution in [1.29, 1.82) is 0 Å². The van der Waals surface area contributed by atoms with E-state index in [9.17, 15) is 13.2 Å². The van der Waals surface area contributed by atoms with Crippen LogP contribution in [-0.4, -0.2) is 59.5 Å². The second-order valence-electron chi connectivity index (χ2n) is 9.29. The predicted octanol–water partition coefficient (Wildman–Crippen LogP) is 5.83. The number of rotatable bonds is 5. The summed E-state index contributed by atoms with van der Waals surface area (Å²) in [6.45, 7) is 4.77. The lowest BCUT2D eigenvalue weighted by Crippen LogP contribution is -2.29. The fourth-order valence-electron chi connectivity index (χ4n) is 4.72. The molecule has 0 atom stereocenters. The molecule has 2 aromatic heterocycles. The van der Waals surface area contributed by atoms with Crippen LogP contribution in [0.25, 0.3) is 28.0 Å². The average molecular weight is 495 g/mol. The first kappa shape index (κ1) is 24.3. The standard InChI is InChI=1S/C28H29F3N4O/c1-33-14-3-15-34(17-16-33)19-25-27(21-6-11-24(36-2)12-7-21)32-26-13-8-22(18-35(25)26)20-4-9-23(10-5-20)28(29,30)31/h4-13,18H,3,14-17,19H2,1-2H3. The first-order valence-electron chi connectivity index (χ1n) is 12.1. The third-order valence-corrected chi connectivity index (χ3v) is 6.81. The van der Waals surface area contributed by atoms with Gasteiger partial charge < -0.3 is 14.0 Å². The molecular weight excluding hydrogens is 465 g/mol. The molecule has 188 valence electrons. The molecule has 0 N–H and O–H groups in total. The molecule has 2 aromatic carbocycles. The summed E-state index contributed by atoms with van der Waals surface area (Å²) in [6.07, 6.45) is -1.27. The summed E-state index contributed by atoms with van der Waals surface area (Å²) in [6, 6.07) is 17.0. The van der Waals surface area contributed by atoms with Gasteiger partial charge in [0.05, 0.1) is 24.1 Å². The molecule has 0 aliphatic carbocycles. The molecule has 36 heavy (non-hydrogen) atoms. The van der Waals surface area contributed by atoms with E-state index in [0.717, 1.165) is 90.8 Å². The molecule has 0 bridgehead atoms. The number of hydrogen-bond acceptors (Lipinski definition) is 4. The molecule has 5 rings (SSSR count). The quantitative estimate of drug-likeness (QED) is 0.349. The van der Waals surface area contributed by atoms with E-state index in [1.165, 1.54) is 12.1 Å². The molecule has 3 heterocycles. The zero-order valence-corrected chi connectivity index (χ0v) is 20.4. The molecule has 0 amide bonds. The summed E-state index contributed by atoms with van der Waals surface area (Å²) in [5.41, 5.74) is 4.69. The van der Waals surface area contributed by atoms with Gasteiger partial charge in [0.25, 0.3) is 0 Å². The Morgan fingerprint density at radius 2 is 1.53 bits per heavy atom. The van der Waals surface area contributed by atoms with Crippen LogP contribution in [0.1, 0.15) is 17.7 Å². The molecule has 0 saturated carbocycles. The minimum Gasteiger partial charge on any atom is -0.497 e. The van der Waals surface area contributed by atoms with Crippen LogP contribution in [0.4, 0.5) is 13.2 Å². The van der Waals surface area contributed by atoms with Crippen LogP contribution in [-0.2, 0) is 12.7 Å². The molecular formula is C28H29F3N4O. The van der Waals surface area contributed by atoms with Crippen LogP contribution >= 0.6 is 0 Å². The van der Waals surface area contributed by atoms with Crippen molar-refractivity contribution in [3.8, 4) is 28.1 Å². The third kappa shape index (κ3) is 5.10. The minimum absolute atomic E-state index is 0.649. The highest BCUT2D eigenvalue weighted by Crippen LogP contribution is 2.32. The summed E-state index contributed by atoms with van der Waals surface area (Å²) >= 11 is 0. The van der Waals surface area contributed by atoms with Crippen LogP contribution < -0.4 is 4.74 Å². The predicted molar refractivity (Wildman–Crippen MR) is 135 cm³/mol. The number of pyridine rings is 1. The molecule has 0 spiro atoms. The van der Waals surface area contributed by atoms with E-state index in [0.29, 0.717) is 0 Å². The first-order chi connectivity index (χ1) is 17.3. The number of benzene rings is 2. The number of ether oxygens (including phenoxy) is 1. The normalized spacial score (nSPS) is 15.8. The Kier molecular flexibility index (Phi) is 6.73. The first-order valence-corrected chi connectivity index (χ1v) is 12.1. The maximum atomic E-state index is 13.0. The summed E-state index contributed by atoms with van der Waals surface area (Å²) < 4.78 is 46.5.